The van der Waals surface area contributed by atoms with E-state index in [9.17, 15) is 4.79 Å². The van der Waals surface area contributed by atoms with Gasteiger partial charge in [-0.2, -0.15) is 0 Å². The summed E-state index contributed by atoms with van der Waals surface area (Å²) in [6.45, 7) is 2.35. The van der Waals surface area contributed by atoms with Crippen LogP contribution in [0.1, 0.15) is 17.0 Å². The van der Waals surface area contributed by atoms with Gasteiger partial charge >= 0.3 is 0 Å². The van der Waals surface area contributed by atoms with Crippen LogP contribution < -0.4 is 11.1 Å². The number of nitrogens with zero attached hydrogens (tertiary/aromatic N) is 2. The Labute approximate surface area is 144 Å². The average Bonchev–Trinajstić information content (AvgIpc) is 3.03. The summed E-state index contributed by atoms with van der Waals surface area (Å²) in [5.41, 5.74) is 10.2. The zero-order valence-electron chi connectivity index (χ0n) is 13.3. The topological polar surface area (TPSA) is 80.9 Å². The van der Waals surface area contributed by atoms with Gasteiger partial charge in [0.1, 0.15) is 5.01 Å². The molecular weight excluding hydrogens is 320 g/mol. The van der Waals surface area contributed by atoms with Crippen LogP contribution in [-0.2, 0) is 17.8 Å². The fourth-order valence-corrected chi connectivity index (χ4v) is 3.29. The lowest BCUT2D eigenvalue weighted by Gasteiger charge is -2.05. The highest BCUT2D eigenvalue weighted by atomic mass is 32.1. The number of aryl methyl sites for hydroxylation is 1. The van der Waals surface area contributed by atoms with Gasteiger partial charge in [0, 0.05) is 35.1 Å². The maximum Gasteiger partial charge on any atom is 0.230 e. The lowest BCUT2D eigenvalue weighted by molar-refractivity contribution is -0.115. The van der Waals surface area contributed by atoms with Gasteiger partial charge in [-0.1, -0.05) is 24.3 Å². The van der Waals surface area contributed by atoms with E-state index in [2.05, 4.69) is 15.3 Å². The van der Waals surface area contributed by atoms with Crippen LogP contribution >= 0.6 is 11.3 Å². The summed E-state index contributed by atoms with van der Waals surface area (Å²) in [5.74, 6) is -0.0930. The van der Waals surface area contributed by atoms with Crippen LogP contribution in [0.2, 0.25) is 0 Å². The predicted molar refractivity (Wildman–Crippen MR) is 96.7 cm³/mol. The number of aromatic nitrogens is 2. The van der Waals surface area contributed by atoms with E-state index in [0.717, 1.165) is 33.2 Å². The molecule has 0 bridgehead atoms. The van der Waals surface area contributed by atoms with Crippen LogP contribution in [0.25, 0.3) is 10.6 Å². The zero-order chi connectivity index (χ0) is 16.9. The molecule has 0 saturated heterocycles. The van der Waals surface area contributed by atoms with Crippen LogP contribution in [0.4, 0.5) is 5.69 Å². The number of hydrogen-bond acceptors (Lipinski definition) is 5. The molecule has 0 radical (unpaired) electrons. The summed E-state index contributed by atoms with van der Waals surface area (Å²) in [4.78, 5) is 20.9. The first-order valence-electron chi connectivity index (χ1n) is 7.61. The van der Waals surface area contributed by atoms with E-state index < -0.39 is 0 Å². The molecule has 24 heavy (non-hydrogen) atoms. The first-order chi connectivity index (χ1) is 11.7. The van der Waals surface area contributed by atoms with Crippen LogP contribution in [-0.4, -0.2) is 15.9 Å². The molecule has 0 aliphatic heterocycles. The highest BCUT2D eigenvalue weighted by molar-refractivity contribution is 7.13. The van der Waals surface area contributed by atoms with E-state index in [1.165, 1.54) is 11.3 Å². The van der Waals surface area contributed by atoms with Gasteiger partial charge < -0.3 is 11.1 Å². The highest BCUT2D eigenvalue weighted by Crippen LogP contribution is 2.27. The molecule has 0 atom stereocenters. The Hall–Kier alpha value is -2.57. The fraction of sp³-hybridized carbons (Fsp3) is 0.167. The molecule has 5 nitrogen and oxygen atoms in total. The number of anilines is 1. The molecule has 0 spiro atoms. The van der Waals surface area contributed by atoms with Crippen molar-refractivity contribution in [3.63, 3.8) is 0 Å². The number of thiazole rings is 1. The predicted octanol–water partition coefficient (Wildman–Crippen LogP) is 3.15. The van der Waals surface area contributed by atoms with E-state index in [-0.39, 0.29) is 12.3 Å². The Kier molecular flexibility index (Phi) is 4.98. The summed E-state index contributed by atoms with van der Waals surface area (Å²) in [7, 11) is 0. The SMILES string of the molecule is Cc1cc(NC(=O)Cc2csc(-c3ccccc3CN)n2)ccn1. The monoisotopic (exact) mass is 338 g/mol. The highest BCUT2D eigenvalue weighted by Gasteiger charge is 2.11. The first-order valence-corrected chi connectivity index (χ1v) is 8.49. The van der Waals surface area contributed by atoms with E-state index in [4.69, 9.17) is 5.73 Å². The second-order valence-electron chi connectivity index (χ2n) is 5.42. The Morgan fingerprint density at radius 2 is 2.12 bits per heavy atom. The Bertz CT molecular complexity index is 859. The molecule has 6 heteroatoms. The molecule has 0 fully saturated rings. The Balaban J connectivity index is 1.71. The van der Waals surface area contributed by atoms with Gasteiger partial charge in [0.05, 0.1) is 12.1 Å². The molecule has 3 aromatic rings. The second kappa shape index (κ2) is 7.33. The third-order valence-corrected chi connectivity index (χ3v) is 4.47. The van der Waals surface area contributed by atoms with Crippen LogP contribution in [0.15, 0.2) is 48.0 Å². The van der Waals surface area contributed by atoms with Crippen LogP contribution in [0.5, 0.6) is 0 Å². The van der Waals surface area contributed by atoms with E-state index in [0.29, 0.717) is 6.54 Å². The molecule has 3 N–H and O–H groups in total. The van der Waals surface area contributed by atoms with Crippen molar-refractivity contribution in [2.75, 3.05) is 5.32 Å². The Morgan fingerprint density at radius 3 is 2.92 bits per heavy atom. The minimum atomic E-state index is -0.0930. The van der Waals surface area contributed by atoms with Crippen molar-refractivity contribution < 1.29 is 4.79 Å². The number of nitrogens with two attached hydrogens (primary N) is 1. The van der Waals surface area contributed by atoms with Gasteiger partial charge in [-0.25, -0.2) is 4.98 Å². The standard InChI is InChI=1S/C18H18N4OS/c1-12-8-14(6-7-20-12)21-17(23)9-15-11-24-18(22-15)16-5-3-2-4-13(16)10-19/h2-8,11H,9-10,19H2,1H3,(H,20,21,23). The zero-order valence-corrected chi connectivity index (χ0v) is 14.1. The molecule has 1 aromatic carbocycles. The molecule has 0 unspecified atom stereocenters. The number of amides is 1. The van der Waals surface area contributed by atoms with E-state index >= 15 is 0 Å². The first kappa shape index (κ1) is 16.3. The van der Waals surface area contributed by atoms with E-state index in [1.807, 2.05) is 42.6 Å². The minimum absolute atomic E-state index is 0.0930. The van der Waals surface area contributed by atoms with Gasteiger partial charge in [0.25, 0.3) is 0 Å². The molecule has 0 aliphatic carbocycles. The van der Waals surface area contributed by atoms with Crippen molar-refractivity contribution in [2.24, 2.45) is 5.73 Å². The molecule has 2 aromatic heterocycles. The average molecular weight is 338 g/mol. The largest absolute Gasteiger partial charge is 0.326 e. The van der Waals surface area contributed by atoms with E-state index in [1.54, 1.807) is 12.3 Å². The lowest BCUT2D eigenvalue weighted by atomic mass is 10.1. The number of hydrogen-bond donors (Lipinski definition) is 2. The number of pyridine rings is 1. The molecular formula is C18H18N4OS. The van der Waals surface area contributed by atoms with Crippen molar-refractivity contribution in [2.45, 2.75) is 19.9 Å². The van der Waals surface area contributed by atoms with Crippen LogP contribution in [0.3, 0.4) is 0 Å². The number of nitrogens with one attached hydrogen (secondary N) is 1. The van der Waals surface area contributed by atoms with Gasteiger partial charge in [0.2, 0.25) is 5.91 Å². The second-order valence-corrected chi connectivity index (χ2v) is 6.27. The number of carbonyl (C=O) groups is 1. The maximum absolute atomic E-state index is 12.2. The lowest BCUT2D eigenvalue weighted by Crippen LogP contribution is -2.14. The summed E-state index contributed by atoms with van der Waals surface area (Å²) in [6, 6.07) is 11.5. The molecule has 0 aliphatic rings. The van der Waals surface area contributed by atoms with Crippen molar-refractivity contribution in [3.8, 4) is 10.6 Å². The quantitative estimate of drug-likeness (QED) is 0.749. The van der Waals surface area contributed by atoms with Crippen LogP contribution in [0, 0.1) is 6.92 Å². The van der Waals surface area contributed by atoms with Gasteiger partial charge in [-0.05, 0) is 24.6 Å². The molecule has 3 rings (SSSR count). The minimum Gasteiger partial charge on any atom is -0.326 e. The van der Waals surface area contributed by atoms with Crippen molar-refractivity contribution in [3.05, 3.63) is 64.9 Å². The molecule has 0 saturated carbocycles. The number of benzene rings is 1. The maximum atomic E-state index is 12.2. The number of rotatable bonds is 5. The fourth-order valence-electron chi connectivity index (χ4n) is 2.41. The molecule has 122 valence electrons. The number of carbonyl (C=O) groups excluding carboxylic acids is 1. The third kappa shape index (κ3) is 3.84. The third-order valence-electron chi connectivity index (χ3n) is 3.54. The summed E-state index contributed by atoms with van der Waals surface area (Å²) in [5, 5.41) is 5.67. The smallest absolute Gasteiger partial charge is 0.230 e. The van der Waals surface area contributed by atoms with Gasteiger partial charge in [-0.3, -0.25) is 9.78 Å². The normalized spacial score (nSPS) is 10.6. The molecule has 1 amide bonds. The van der Waals surface area contributed by atoms with Gasteiger partial charge in [0.15, 0.2) is 0 Å². The van der Waals surface area contributed by atoms with Crippen molar-refractivity contribution in [1.82, 2.24) is 9.97 Å². The Morgan fingerprint density at radius 1 is 1.29 bits per heavy atom. The summed E-state index contributed by atoms with van der Waals surface area (Å²) in [6.07, 6.45) is 1.91. The summed E-state index contributed by atoms with van der Waals surface area (Å²) >= 11 is 1.53. The van der Waals surface area contributed by atoms with Gasteiger partial charge in [-0.15, -0.1) is 11.3 Å². The molecule has 2 heterocycles. The van der Waals surface area contributed by atoms with Crippen molar-refractivity contribution in [1.29, 1.82) is 0 Å². The van der Waals surface area contributed by atoms with Crippen molar-refractivity contribution >= 4 is 22.9 Å². The summed E-state index contributed by atoms with van der Waals surface area (Å²) < 4.78 is 0.